The standard InChI is InChI=1S/C28H24O6S2/c1-21-7-15-25(16-8-21)35(30,31)20-23-9-13-24(14-10-23)28(29)34-19-22-11-17-27(18-12-22)36(32,33)26-5-3-2-4-6-26/h2-18H,19-20H2,1H3. The number of hydrogen-bond acceptors (Lipinski definition) is 6. The molecule has 0 saturated carbocycles. The molecule has 0 N–H and O–H groups in total. The predicted molar refractivity (Wildman–Crippen MR) is 136 cm³/mol. The Kier molecular flexibility index (Phi) is 7.37. The highest BCUT2D eigenvalue weighted by molar-refractivity contribution is 7.91. The summed E-state index contributed by atoms with van der Waals surface area (Å²) < 4.78 is 56.0. The topological polar surface area (TPSA) is 94.6 Å². The maximum Gasteiger partial charge on any atom is 0.338 e. The predicted octanol–water partition coefficient (Wildman–Crippen LogP) is 5.16. The van der Waals surface area contributed by atoms with Gasteiger partial charge >= 0.3 is 5.97 Å². The highest BCUT2D eigenvalue weighted by Crippen LogP contribution is 2.21. The molecule has 0 unspecified atom stereocenters. The number of carbonyl (C=O) groups is 1. The van der Waals surface area contributed by atoms with Crippen molar-refractivity contribution >= 4 is 25.6 Å². The number of benzene rings is 4. The van der Waals surface area contributed by atoms with Crippen LogP contribution < -0.4 is 0 Å². The Hall–Kier alpha value is -3.75. The summed E-state index contributed by atoms with van der Waals surface area (Å²) in [6, 6.07) is 27.2. The largest absolute Gasteiger partial charge is 0.457 e. The number of esters is 1. The molecule has 0 aliphatic heterocycles. The van der Waals surface area contributed by atoms with Gasteiger partial charge in [0.25, 0.3) is 0 Å². The lowest BCUT2D eigenvalue weighted by molar-refractivity contribution is 0.0472. The van der Waals surface area contributed by atoms with E-state index < -0.39 is 25.6 Å². The Morgan fingerprint density at radius 2 is 1.17 bits per heavy atom. The zero-order valence-electron chi connectivity index (χ0n) is 19.5. The minimum atomic E-state index is -3.62. The molecule has 0 spiro atoms. The summed E-state index contributed by atoms with van der Waals surface area (Å²) in [6.45, 7) is 1.85. The molecule has 0 radical (unpaired) electrons. The molecule has 0 atom stereocenters. The monoisotopic (exact) mass is 520 g/mol. The van der Waals surface area contributed by atoms with Crippen LogP contribution in [-0.4, -0.2) is 22.8 Å². The SMILES string of the molecule is Cc1ccc(S(=O)(=O)Cc2ccc(C(=O)OCc3ccc(S(=O)(=O)c4ccccc4)cc3)cc2)cc1. The van der Waals surface area contributed by atoms with Gasteiger partial charge in [-0.05, 0) is 66.6 Å². The lowest BCUT2D eigenvalue weighted by Crippen LogP contribution is -2.07. The Bertz CT molecular complexity index is 1560. The first-order valence-corrected chi connectivity index (χ1v) is 14.2. The Balaban J connectivity index is 1.36. The van der Waals surface area contributed by atoms with E-state index in [0.717, 1.165) is 5.56 Å². The summed E-state index contributed by atoms with van der Waals surface area (Å²) in [7, 11) is -7.12. The number of hydrogen-bond donors (Lipinski definition) is 0. The number of aryl methyl sites for hydroxylation is 1. The van der Waals surface area contributed by atoms with Crippen LogP contribution in [0.5, 0.6) is 0 Å². The molecule has 4 aromatic rings. The van der Waals surface area contributed by atoms with Gasteiger partial charge in [-0.1, -0.05) is 60.2 Å². The van der Waals surface area contributed by atoms with E-state index in [1.165, 1.54) is 36.4 Å². The quantitative estimate of drug-likeness (QED) is 0.298. The molecule has 0 fully saturated rings. The maximum atomic E-state index is 12.7. The fourth-order valence-corrected chi connectivity index (χ4v) is 6.15. The van der Waals surface area contributed by atoms with Crippen LogP contribution in [0.2, 0.25) is 0 Å². The first-order chi connectivity index (χ1) is 17.1. The van der Waals surface area contributed by atoms with Crippen molar-refractivity contribution in [2.45, 2.75) is 34.0 Å². The van der Waals surface area contributed by atoms with Gasteiger partial charge in [-0.3, -0.25) is 0 Å². The van der Waals surface area contributed by atoms with Crippen LogP contribution in [0.3, 0.4) is 0 Å². The van der Waals surface area contributed by atoms with Gasteiger partial charge in [-0.15, -0.1) is 0 Å². The molecule has 0 amide bonds. The molecule has 4 aromatic carbocycles. The van der Waals surface area contributed by atoms with E-state index in [0.29, 0.717) is 11.1 Å². The lowest BCUT2D eigenvalue weighted by Gasteiger charge is -2.08. The van der Waals surface area contributed by atoms with Crippen LogP contribution in [0.25, 0.3) is 0 Å². The average molecular weight is 521 g/mol. The van der Waals surface area contributed by atoms with Gasteiger partial charge in [0.05, 0.1) is 26.0 Å². The third kappa shape index (κ3) is 5.90. The lowest BCUT2D eigenvalue weighted by atomic mass is 10.1. The fraction of sp³-hybridized carbons (Fsp3) is 0.107. The number of sulfone groups is 2. The van der Waals surface area contributed by atoms with Gasteiger partial charge < -0.3 is 4.74 Å². The molecule has 8 heteroatoms. The molecule has 0 aliphatic rings. The Labute approximate surface area is 211 Å². The fourth-order valence-electron chi connectivity index (χ4n) is 3.52. The van der Waals surface area contributed by atoms with Crippen molar-refractivity contribution in [3.8, 4) is 0 Å². The Morgan fingerprint density at radius 3 is 1.78 bits per heavy atom. The maximum absolute atomic E-state index is 12.7. The van der Waals surface area contributed by atoms with E-state index in [9.17, 15) is 21.6 Å². The highest BCUT2D eigenvalue weighted by atomic mass is 32.2. The summed E-state index contributed by atoms with van der Waals surface area (Å²) in [6.07, 6.45) is 0. The van der Waals surface area contributed by atoms with E-state index in [2.05, 4.69) is 0 Å². The van der Waals surface area contributed by atoms with E-state index in [4.69, 9.17) is 4.74 Å². The summed E-state index contributed by atoms with van der Waals surface area (Å²) in [4.78, 5) is 13.1. The zero-order chi connectivity index (χ0) is 25.8. The van der Waals surface area contributed by atoms with Crippen molar-refractivity contribution in [2.75, 3.05) is 0 Å². The molecule has 36 heavy (non-hydrogen) atoms. The van der Waals surface area contributed by atoms with E-state index in [-0.39, 0.29) is 32.6 Å². The molecule has 0 aliphatic carbocycles. The summed E-state index contributed by atoms with van der Waals surface area (Å²) >= 11 is 0. The van der Waals surface area contributed by atoms with Gasteiger partial charge in [0.15, 0.2) is 9.84 Å². The second kappa shape index (κ2) is 10.5. The molecule has 0 aromatic heterocycles. The van der Waals surface area contributed by atoms with Crippen LogP contribution >= 0.6 is 0 Å². The van der Waals surface area contributed by atoms with Gasteiger partial charge in [-0.25, -0.2) is 21.6 Å². The van der Waals surface area contributed by atoms with E-state index in [1.54, 1.807) is 66.7 Å². The van der Waals surface area contributed by atoms with Crippen molar-refractivity contribution in [1.29, 1.82) is 0 Å². The third-order valence-corrected chi connectivity index (χ3v) is 9.07. The molecule has 184 valence electrons. The van der Waals surface area contributed by atoms with Gasteiger partial charge in [0.1, 0.15) is 6.61 Å². The average Bonchev–Trinajstić information content (AvgIpc) is 2.88. The summed E-state index contributed by atoms with van der Waals surface area (Å²) in [5.41, 5.74) is 2.46. The molecule has 0 heterocycles. The number of carbonyl (C=O) groups excluding carboxylic acids is 1. The molecular weight excluding hydrogens is 496 g/mol. The van der Waals surface area contributed by atoms with Crippen molar-refractivity contribution in [2.24, 2.45) is 0 Å². The van der Waals surface area contributed by atoms with Crippen molar-refractivity contribution in [3.05, 3.63) is 125 Å². The normalized spacial score (nSPS) is 11.7. The van der Waals surface area contributed by atoms with Gasteiger partial charge in [0.2, 0.25) is 9.84 Å². The first-order valence-electron chi connectivity index (χ1n) is 11.1. The van der Waals surface area contributed by atoms with E-state index >= 15 is 0 Å². The minimum absolute atomic E-state index is 0.0337. The molecular formula is C28H24O6S2. The third-order valence-electron chi connectivity index (χ3n) is 5.58. The summed E-state index contributed by atoms with van der Waals surface area (Å²) in [5.74, 6) is -0.743. The zero-order valence-corrected chi connectivity index (χ0v) is 21.1. The summed E-state index contributed by atoms with van der Waals surface area (Å²) in [5, 5.41) is 0. The van der Waals surface area contributed by atoms with Crippen LogP contribution in [-0.2, 0) is 36.8 Å². The van der Waals surface area contributed by atoms with Crippen LogP contribution in [0, 0.1) is 6.92 Å². The van der Waals surface area contributed by atoms with Crippen LogP contribution in [0.1, 0.15) is 27.0 Å². The second-order valence-electron chi connectivity index (χ2n) is 8.31. The van der Waals surface area contributed by atoms with E-state index in [1.807, 2.05) is 6.92 Å². The van der Waals surface area contributed by atoms with Crippen LogP contribution in [0.4, 0.5) is 0 Å². The molecule has 6 nitrogen and oxygen atoms in total. The first kappa shape index (κ1) is 25.3. The van der Waals surface area contributed by atoms with Crippen molar-refractivity contribution < 1.29 is 26.4 Å². The van der Waals surface area contributed by atoms with Crippen LogP contribution in [0.15, 0.2) is 118 Å². The number of rotatable bonds is 8. The minimum Gasteiger partial charge on any atom is -0.457 e. The number of ether oxygens (including phenoxy) is 1. The Morgan fingerprint density at radius 1 is 0.639 bits per heavy atom. The molecule has 4 rings (SSSR count). The second-order valence-corrected chi connectivity index (χ2v) is 12.2. The van der Waals surface area contributed by atoms with Crippen molar-refractivity contribution in [1.82, 2.24) is 0 Å². The van der Waals surface area contributed by atoms with Gasteiger partial charge in [-0.2, -0.15) is 0 Å². The smallest absolute Gasteiger partial charge is 0.338 e. The van der Waals surface area contributed by atoms with Crippen molar-refractivity contribution in [3.63, 3.8) is 0 Å². The van der Waals surface area contributed by atoms with Gasteiger partial charge in [0, 0.05) is 0 Å². The molecule has 0 bridgehead atoms. The molecule has 0 saturated heterocycles. The highest BCUT2D eigenvalue weighted by Gasteiger charge is 2.18.